The monoisotopic (exact) mass is 238 g/mol. The fourth-order valence-electron chi connectivity index (χ4n) is 1.39. The fourth-order valence-corrected chi connectivity index (χ4v) is 1.98. The van der Waals surface area contributed by atoms with Gasteiger partial charge in [-0.2, -0.15) is 16.3 Å². The molecule has 2 rings (SSSR count). The van der Waals surface area contributed by atoms with Crippen molar-refractivity contribution in [3.63, 3.8) is 0 Å². The Labute approximate surface area is 97.8 Å². The maximum Gasteiger partial charge on any atom is 0.199 e. The molecule has 2 heterocycles. The Kier molecular flexibility index (Phi) is 3.55. The zero-order valence-corrected chi connectivity index (χ0v) is 10.1. The van der Waals surface area contributed by atoms with E-state index >= 15 is 0 Å². The van der Waals surface area contributed by atoms with Crippen LogP contribution in [0.5, 0.6) is 0 Å². The van der Waals surface area contributed by atoms with Crippen molar-refractivity contribution in [2.45, 2.75) is 19.4 Å². The third-order valence-electron chi connectivity index (χ3n) is 2.26. The third-order valence-corrected chi connectivity index (χ3v) is 2.90. The van der Waals surface area contributed by atoms with Crippen LogP contribution >= 0.6 is 11.8 Å². The van der Waals surface area contributed by atoms with E-state index in [-0.39, 0.29) is 0 Å². The molecule has 0 aliphatic carbocycles. The number of tetrazole rings is 1. The summed E-state index contributed by atoms with van der Waals surface area (Å²) in [5.74, 6) is 1.96. The summed E-state index contributed by atoms with van der Waals surface area (Å²) in [5, 5.41) is 14.7. The van der Waals surface area contributed by atoms with E-state index in [0.29, 0.717) is 11.7 Å². The fraction of sp³-hybridized carbons (Fsp3) is 0.556. The van der Waals surface area contributed by atoms with Crippen LogP contribution in [0.1, 0.15) is 13.3 Å². The molecule has 2 aromatic rings. The van der Waals surface area contributed by atoms with Crippen LogP contribution in [0.3, 0.4) is 0 Å². The second-order valence-electron chi connectivity index (χ2n) is 3.57. The summed E-state index contributed by atoms with van der Waals surface area (Å²) in [7, 11) is 0. The first kappa shape index (κ1) is 11.1. The van der Waals surface area contributed by atoms with E-state index in [2.05, 4.69) is 39.0 Å². The lowest BCUT2D eigenvalue weighted by molar-refractivity contribution is 0.745. The van der Waals surface area contributed by atoms with Gasteiger partial charge in [0.15, 0.2) is 11.5 Å². The van der Waals surface area contributed by atoms with Gasteiger partial charge < -0.3 is 5.32 Å². The Morgan fingerprint density at radius 3 is 3.19 bits per heavy atom. The Morgan fingerprint density at radius 2 is 2.38 bits per heavy atom. The molecule has 1 unspecified atom stereocenters. The molecule has 6 nitrogen and oxygen atoms in total. The molecule has 1 atom stereocenters. The van der Waals surface area contributed by atoms with Gasteiger partial charge >= 0.3 is 0 Å². The van der Waals surface area contributed by atoms with Gasteiger partial charge in [0.05, 0.1) is 12.4 Å². The number of nitrogens with one attached hydrogen (secondary N) is 1. The van der Waals surface area contributed by atoms with Crippen LogP contribution in [0, 0.1) is 0 Å². The summed E-state index contributed by atoms with van der Waals surface area (Å²) >= 11 is 1.84. The van der Waals surface area contributed by atoms with Gasteiger partial charge in [-0.15, -0.1) is 5.10 Å². The van der Waals surface area contributed by atoms with E-state index in [1.807, 2.05) is 11.8 Å². The largest absolute Gasteiger partial charge is 0.366 e. The molecule has 7 heteroatoms. The number of thioether (sulfide) groups is 1. The summed E-state index contributed by atoms with van der Waals surface area (Å²) in [6, 6.07) is 0.379. The first-order chi connectivity index (χ1) is 7.81. The van der Waals surface area contributed by atoms with Gasteiger partial charge in [-0.05, 0) is 35.8 Å². The van der Waals surface area contributed by atoms with Crippen LogP contribution in [0.25, 0.3) is 5.65 Å². The van der Waals surface area contributed by atoms with Crippen molar-refractivity contribution in [1.82, 2.24) is 25.0 Å². The van der Waals surface area contributed by atoms with E-state index in [0.717, 1.165) is 18.0 Å². The van der Waals surface area contributed by atoms with E-state index in [9.17, 15) is 0 Å². The molecule has 0 amide bonds. The molecular formula is C9H14N6S. The third kappa shape index (κ3) is 2.41. The van der Waals surface area contributed by atoms with E-state index in [1.54, 1.807) is 16.9 Å². The summed E-state index contributed by atoms with van der Waals surface area (Å²) in [4.78, 5) is 4.09. The maximum absolute atomic E-state index is 4.09. The highest BCUT2D eigenvalue weighted by molar-refractivity contribution is 7.98. The van der Waals surface area contributed by atoms with Crippen LogP contribution in [-0.2, 0) is 0 Å². The Balaban J connectivity index is 2.11. The lowest BCUT2D eigenvalue weighted by atomic mass is 10.2. The van der Waals surface area contributed by atoms with Crippen molar-refractivity contribution < 1.29 is 0 Å². The molecule has 0 aliphatic rings. The van der Waals surface area contributed by atoms with Crippen molar-refractivity contribution in [3.05, 3.63) is 12.4 Å². The summed E-state index contributed by atoms with van der Waals surface area (Å²) in [5.41, 5.74) is 0.655. The molecule has 0 radical (unpaired) electrons. The minimum absolute atomic E-state index is 0.379. The minimum atomic E-state index is 0.379. The summed E-state index contributed by atoms with van der Waals surface area (Å²) in [6.07, 6.45) is 6.58. The second kappa shape index (κ2) is 5.11. The van der Waals surface area contributed by atoms with Crippen molar-refractivity contribution in [2.24, 2.45) is 0 Å². The quantitative estimate of drug-likeness (QED) is 0.840. The average molecular weight is 238 g/mol. The molecule has 0 fully saturated rings. The minimum Gasteiger partial charge on any atom is -0.366 e. The van der Waals surface area contributed by atoms with Gasteiger partial charge in [0.2, 0.25) is 0 Å². The Morgan fingerprint density at radius 1 is 1.50 bits per heavy atom. The van der Waals surface area contributed by atoms with Crippen molar-refractivity contribution in [3.8, 4) is 0 Å². The van der Waals surface area contributed by atoms with Crippen molar-refractivity contribution >= 4 is 23.2 Å². The standard InChI is InChI=1S/C9H14N6S/c1-7(3-4-16-2)11-8-5-10-6-9-12-13-14-15(8)9/h5-7,11H,3-4H2,1-2H3. The highest BCUT2D eigenvalue weighted by Gasteiger charge is 2.06. The SMILES string of the molecule is CSCCC(C)Nc1cncc2nnnn12. The summed E-state index contributed by atoms with van der Waals surface area (Å²) < 4.78 is 1.66. The number of fused-ring (bicyclic) bond motifs is 1. The molecule has 0 aliphatic heterocycles. The second-order valence-corrected chi connectivity index (χ2v) is 4.55. The smallest absolute Gasteiger partial charge is 0.199 e. The highest BCUT2D eigenvalue weighted by Crippen LogP contribution is 2.10. The van der Waals surface area contributed by atoms with E-state index in [1.165, 1.54) is 0 Å². The van der Waals surface area contributed by atoms with Gasteiger partial charge in [-0.1, -0.05) is 0 Å². The molecule has 0 spiro atoms. The molecule has 0 aromatic carbocycles. The van der Waals surface area contributed by atoms with E-state index < -0.39 is 0 Å². The topological polar surface area (TPSA) is 68.0 Å². The molecule has 0 bridgehead atoms. The number of hydrogen-bond donors (Lipinski definition) is 1. The summed E-state index contributed by atoms with van der Waals surface area (Å²) in [6.45, 7) is 2.14. The van der Waals surface area contributed by atoms with Crippen molar-refractivity contribution in [2.75, 3.05) is 17.3 Å². The van der Waals surface area contributed by atoms with Gasteiger partial charge in [0, 0.05) is 6.04 Å². The van der Waals surface area contributed by atoms with Crippen LogP contribution in [0.2, 0.25) is 0 Å². The predicted octanol–water partition coefficient (Wildman–Crippen LogP) is 1.07. The predicted molar refractivity (Wildman–Crippen MR) is 64.7 cm³/mol. The molecule has 1 N–H and O–H groups in total. The van der Waals surface area contributed by atoms with E-state index in [4.69, 9.17) is 0 Å². The Hall–Kier alpha value is -1.37. The molecule has 0 saturated carbocycles. The number of aromatic nitrogens is 5. The number of anilines is 1. The van der Waals surface area contributed by atoms with Crippen LogP contribution in [0.15, 0.2) is 12.4 Å². The maximum atomic E-state index is 4.09. The average Bonchev–Trinajstić information content (AvgIpc) is 2.75. The molecule has 2 aromatic heterocycles. The first-order valence-electron chi connectivity index (χ1n) is 5.09. The van der Waals surface area contributed by atoms with Gasteiger partial charge in [0.25, 0.3) is 0 Å². The Bertz CT molecular complexity index is 456. The number of nitrogens with zero attached hydrogens (tertiary/aromatic N) is 5. The molecule has 16 heavy (non-hydrogen) atoms. The van der Waals surface area contributed by atoms with Gasteiger partial charge in [0.1, 0.15) is 0 Å². The first-order valence-corrected chi connectivity index (χ1v) is 6.48. The lowest BCUT2D eigenvalue weighted by Gasteiger charge is -2.14. The van der Waals surface area contributed by atoms with Gasteiger partial charge in [-0.25, -0.2) is 0 Å². The van der Waals surface area contributed by atoms with Crippen LogP contribution in [-0.4, -0.2) is 43.1 Å². The van der Waals surface area contributed by atoms with Crippen LogP contribution < -0.4 is 5.32 Å². The van der Waals surface area contributed by atoms with Crippen molar-refractivity contribution in [1.29, 1.82) is 0 Å². The lowest BCUT2D eigenvalue weighted by Crippen LogP contribution is -2.18. The normalized spacial score (nSPS) is 12.9. The highest BCUT2D eigenvalue weighted by atomic mass is 32.2. The number of hydrogen-bond acceptors (Lipinski definition) is 6. The number of rotatable bonds is 5. The zero-order valence-electron chi connectivity index (χ0n) is 9.29. The van der Waals surface area contributed by atoms with Gasteiger partial charge in [-0.3, -0.25) is 4.98 Å². The molecule has 0 saturated heterocycles. The van der Waals surface area contributed by atoms with Crippen LogP contribution in [0.4, 0.5) is 5.82 Å². The molecule has 86 valence electrons. The molecular weight excluding hydrogens is 224 g/mol. The zero-order chi connectivity index (χ0) is 11.4.